The van der Waals surface area contributed by atoms with E-state index in [2.05, 4.69) is 19.5 Å². The summed E-state index contributed by atoms with van der Waals surface area (Å²) in [5.74, 6) is 1.56. The first-order valence-corrected chi connectivity index (χ1v) is 7.60. The van der Waals surface area contributed by atoms with E-state index in [0.29, 0.717) is 5.88 Å². The van der Waals surface area contributed by atoms with Crippen LogP contribution in [-0.2, 0) is 19.4 Å². The van der Waals surface area contributed by atoms with Crippen molar-refractivity contribution in [2.75, 3.05) is 5.88 Å². The van der Waals surface area contributed by atoms with Gasteiger partial charge in [0.05, 0.1) is 0 Å². The van der Waals surface area contributed by atoms with Crippen molar-refractivity contribution in [2.24, 2.45) is 0 Å². The molecule has 3 aromatic heterocycles. The van der Waals surface area contributed by atoms with Gasteiger partial charge in [0.15, 0.2) is 5.65 Å². The van der Waals surface area contributed by atoms with Crippen LogP contribution in [0.3, 0.4) is 0 Å². The predicted octanol–water partition coefficient (Wildman–Crippen LogP) is 3.16. The quantitative estimate of drug-likeness (QED) is 0.680. The smallest absolute Gasteiger partial charge is 0.160 e. The number of aryl methyl sites for hydroxylation is 4. The van der Waals surface area contributed by atoms with Crippen LogP contribution in [0.5, 0.6) is 0 Å². The lowest BCUT2D eigenvalue weighted by Crippen LogP contribution is -2.08. The van der Waals surface area contributed by atoms with Crippen LogP contribution in [0.2, 0.25) is 0 Å². The Labute approximate surface area is 128 Å². The molecule has 0 spiro atoms. The van der Waals surface area contributed by atoms with E-state index in [1.165, 1.54) is 0 Å². The second-order valence-electron chi connectivity index (χ2n) is 4.99. The number of halogens is 1. The second-order valence-corrected chi connectivity index (χ2v) is 5.36. The monoisotopic (exact) mass is 300 g/mol. The number of pyridine rings is 2. The molecule has 4 nitrogen and oxygen atoms in total. The minimum absolute atomic E-state index is 0.561. The van der Waals surface area contributed by atoms with Crippen molar-refractivity contribution < 1.29 is 0 Å². The Bertz CT molecular complexity index is 737. The highest BCUT2D eigenvalue weighted by molar-refractivity contribution is 6.17. The lowest BCUT2D eigenvalue weighted by molar-refractivity contribution is 0.661. The Morgan fingerprint density at radius 2 is 2.00 bits per heavy atom. The fraction of sp³-hybridized carbons (Fsp3) is 0.312. The summed E-state index contributed by atoms with van der Waals surface area (Å²) < 4.78 is 2.17. The van der Waals surface area contributed by atoms with E-state index < -0.39 is 0 Å². The lowest BCUT2D eigenvalue weighted by Gasteiger charge is -2.08. The summed E-state index contributed by atoms with van der Waals surface area (Å²) in [5.41, 5.74) is 3.94. The Morgan fingerprint density at radius 1 is 1.10 bits per heavy atom. The number of rotatable bonds is 5. The summed E-state index contributed by atoms with van der Waals surface area (Å²) in [4.78, 5) is 13.7. The van der Waals surface area contributed by atoms with E-state index in [9.17, 15) is 0 Å². The van der Waals surface area contributed by atoms with E-state index in [4.69, 9.17) is 11.6 Å². The SMILES string of the molecule is Cc1ccc2nc(CCCl)n(CCc3ccccn3)c2n1. The zero-order valence-electron chi connectivity index (χ0n) is 12.0. The van der Waals surface area contributed by atoms with E-state index in [-0.39, 0.29) is 0 Å². The van der Waals surface area contributed by atoms with Crippen LogP contribution in [0.15, 0.2) is 36.5 Å². The standard InChI is InChI=1S/C16H17ClN4/c1-12-5-6-14-16(19-12)21(15(20-14)7-9-17)11-8-13-4-2-3-10-18-13/h2-6,10H,7-9,11H2,1H3. The molecule has 0 fully saturated rings. The molecular weight excluding hydrogens is 284 g/mol. The molecule has 21 heavy (non-hydrogen) atoms. The van der Waals surface area contributed by atoms with Gasteiger partial charge < -0.3 is 4.57 Å². The van der Waals surface area contributed by atoms with E-state index in [1.54, 1.807) is 0 Å². The van der Waals surface area contributed by atoms with Gasteiger partial charge in [-0.25, -0.2) is 9.97 Å². The van der Waals surface area contributed by atoms with Crippen LogP contribution in [-0.4, -0.2) is 25.4 Å². The number of alkyl halides is 1. The van der Waals surface area contributed by atoms with Gasteiger partial charge in [-0.05, 0) is 31.2 Å². The Kier molecular flexibility index (Phi) is 4.15. The molecule has 0 aliphatic rings. The third kappa shape index (κ3) is 3.05. The van der Waals surface area contributed by atoms with Crippen LogP contribution >= 0.6 is 11.6 Å². The zero-order chi connectivity index (χ0) is 14.7. The minimum Gasteiger partial charge on any atom is -0.312 e. The highest BCUT2D eigenvalue weighted by Crippen LogP contribution is 2.16. The van der Waals surface area contributed by atoms with E-state index in [0.717, 1.165) is 47.8 Å². The van der Waals surface area contributed by atoms with E-state index >= 15 is 0 Å². The molecule has 0 aromatic carbocycles. The van der Waals surface area contributed by atoms with Crippen molar-refractivity contribution >= 4 is 22.8 Å². The summed E-state index contributed by atoms with van der Waals surface area (Å²) >= 11 is 5.90. The van der Waals surface area contributed by atoms with Gasteiger partial charge in [-0.15, -0.1) is 11.6 Å². The fourth-order valence-corrected chi connectivity index (χ4v) is 2.59. The minimum atomic E-state index is 0.561. The molecule has 0 aliphatic carbocycles. The highest BCUT2D eigenvalue weighted by atomic mass is 35.5. The molecule has 0 radical (unpaired) electrons. The number of aromatic nitrogens is 4. The third-order valence-corrected chi connectivity index (χ3v) is 3.64. The van der Waals surface area contributed by atoms with Gasteiger partial charge in [-0.1, -0.05) is 6.07 Å². The molecule has 108 valence electrons. The maximum Gasteiger partial charge on any atom is 0.160 e. The van der Waals surface area contributed by atoms with Crippen molar-refractivity contribution in [1.82, 2.24) is 19.5 Å². The molecule has 0 saturated carbocycles. The van der Waals surface area contributed by atoms with Crippen LogP contribution < -0.4 is 0 Å². The number of hydrogen-bond donors (Lipinski definition) is 0. The van der Waals surface area contributed by atoms with Crippen LogP contribution in [0.1, 0.15) is 17.2 Å². The van der Waals surface area contributed by atoms with Gasteiger partial charge in [0, 0.05) is 42.9 Å². The third-order valence-electron chi connectivity index (χ3n) is 3.45. The molecule has 0 saturated heterocycles. The van der Waals surface area contributed by atoms with Crippen LogP contribution in [0.25, 0.3) is 11.2 Å². The largest absolute Gasteiger partial charge is 0.312 e. The molecule has 3 heterocycles. The maximum absolute atomic E-state index is 5.90. The van der Waals surface area contributed by atoms with Crippen molar-refractivity contribution in [3.63, 3.8) is 0 Å². The average Bonchev–Trinajstić information content (AvgIpc) is 2.83. The molecule has 0 unspecified atom stereocenters. The van der Waals surface area contributed by atoms with Gasteiger partial charge >= 0.3 is 0 Å². The summed E-state index contributed by atoms with van der Waals surface area (Å²) in [5, 5.41) is 0. The topological polar surface area (TPSA) is 43.6 Å². The van der Waals surface area contributed by atoms with Gasteiger partial charge in [-0.3, -0.25) is 4.98 Å². The molecule has 3 aromatic rings. The average molecular weight is 301 g/mol. The maximum atomic E-state index is 5.90. The van der Waals surface area contributed by atoms with Gasteiger partial charge in [0.25, 0.3) is 0 Å². The van der Waals surface area contributed by atoms with Crippen molar-refractivity contribution in [2.45, 2.75) is 26.3 Å². The Hall–Kier alpha value is -1.94. The summed E-state index contributed by atoms with van der Waals surface area (Å²) in [7, 11) is 0. The lowest BCUT2D eigenvalue weighted by atomic mass is 10.2. The molecule has 0 amide bonds. The van der Waals surface area contributed by atoms with Gasteiger partial charge in [0.1, 0.15) is 11.3 Å². The molecular formula is C16H17ClN4. The van der Waals surface area contributed by atoms with Crippen LogP contribution in [0.4, 0.5) is 0 Å². The first-order chi connectivity index (χ1) is 10.3. The molecule has 0 bridgehead atoms. The number of fused-ring (bicyclic) bond motifs is 1. The highest BCUT2D eigenvalue weighted by Gasteiger charge is 2.11. The Balaban J connectivity index is 1.94. The number of nitrogens with zero attached hydrogens (tertiary/aromatic N) is 4. The molecule has 5 heteroatoms. The predicted molar refractivity (Wildman–Crippen MR) is 84.6 cm³/mol. The fourth-order valence-electron chi connectivity index (χ4n) is 2.43. The van der Waals surface area contributed by atoms with Crippen molar-refractivity contribution in [1.29, 1.82) is 0 Å². The molecule has 0 aliphatic heterocycles. The van der Waals surface area contributed by atoms with E-state index in [1.807, 2.05) is 43.5 Å². The molecule has 0 N–H and O–H groups in total. The van der Waals surface area contributed by atoms with Crippen molar-refractivity contribution in [3.05, 3.63) is 53.7 Å². The summed E-state index contributed by atoms with van der Waals surface area (Å²) in [6.45, 7) is 2.81. The number of imidazole rings is 1. The van der Waals surface area contributed by atoms with Crippen molar-refractivity contribution in [3.8, 4) is 0 Å². The first kappa shape index (κ1) is 14.0. The second kappa shape index (κ2) is 6.22. The normalized spacial score (nSPS) is 11.1. The molecule has 3 rings (SSSR count). The first-order valence-electron chi connectivity index (χ1n) is 7.06. The summed E-state index contributed by atoms with van der Waals surface area (Å²) in [6, 6.07) is 9.99. The number of hydrogen-bond acceptors (Lipinski definition) is 3. The Morgan fingerprint density at radius 3 is 2.76 bits per heavy atom. The van der Waals surface area contributed by atoms with Crippen LogP contribution in [0, 0.1) is 6.92 Å². The molecule has 0 atom stereocenters. The van der Waals surface area contributed by atoms with Gasteiger partial charge in [0.2, 0.25) is 0 Å². The summed E-state index contributed by atoms with van der Waals surface area (Å²) in [6.07, 6.45) is 3.43. The van der Waals surface area contributed by atoms with Gasteiger partial charge in [-0.2, -0.15) is 0 Å². The zero-order valence-corrected chi connectivity index (χ0v) is 12.7.